The lowest BCUT2D eigenvalue weighted by atomic mass is 9.67. The lowest BCUT2D eigenvalue weighted by Crippen LogP contribution is -2.63. The molecule has 3 aromatic carbocycles. The fourth-order valence-electron chi connectivity index (χ4n) is 10.5. The highest BCUT2D eigenvalue weighted by atomic mass is 16.7. The topological polar surface area (TPSA) is 196 Å². The first-order chi connectivity index (χ1) is 30.4. The van der Waals surface area contributed by atoms with Gasteiger partial charge in [0, 0.05) is 53.5 Å². The molecule has 0 bridgehead atoms. The predicted octanol–water partition coefficient (Wildman–Crippen LogP) is 4.54. The number of aliphatic hydroxyl groups excluding tert-OH is 1. The Hall–Kier alpha value is -4.42. The summed E-state index contributed by atoms with van der Waals surface area (Å²) in [4.78, 5) is 53.5. The molecule has 344 valence electrons. The molecule has 8 rings (SSSR count). The summed E-state index contributed by atoms with van der Waals surface area (Å²) in [6.45, 7) is 7.64. The maximum Gasteiger partial charge on any atom is 0.316 e. The second-order valence-corrected chi connectivity index (χ2v) is 18.6. The number of Topliss-reactive ketones (excluding diaryl/α,β-unsaturated/α-hetero) is 1. The van der Waals surface area contributed by atoms with Gasteiger partial charge in [0.05, 0.1) is 57.6 Å². The molecule has 0 radical (unpaired) electrons. The molecule has 0 unspecified atom stereocenters. The number of quaternary nitrogens is 1. The van der Waals surface area contributed by atoms with E-state index in [1.165, 1.54) is 25.3 Å². The maximum absolute atomic E-state index is 14.8. The van der Waals surface area contributed by atoms with Gasteiger partial charge in [0.15, 0.2) is 36.2 Å². The van der Waals surface area contributed by atoms with Crippen LogP contribution in [0.15, 0.2) is 60.7 Å². The van der Waals surface area contributed by atoms with Gasteiger partial charge in [-0.3, -0.25) is 19.2 Å². The van der Waals surface area contributed by atoms with Crippen LogP contribution in [0.4, 0.5) is 0 Å². The summed E-state index contributed by atoms with van der Waals surface area (Å²) in [5.41, 5.74) is -0.827. The number of carbonyl (C=O) groups excluding carboxylic acids is 4. The number of likely N-dealkylation sites (N-methyl/N-ethyl adjacent to an activating group) is 1. The van der Waals surface area contributed by atoms with Gasteiger partial charge in [-0.25, -0.2) is 0 Å². The zero-order valence-electron chi connectivity index (χ0n) is 37.4. The number of benzene rings is 3. The molecule has 13 atom stereocenters. The Morgan fingerprint density at radius 2 is 1.47 bits per heavy atom. The average Bonchev–Trinajstić information content (AvgIpc) is 3.26. The van der Waals surface area contributed by atoms with Gasteiger partial charge >= 0.3 is 5.97 Å². The van der Waals surface area contributed by atoms with E-state index in [2.05, 4.69) is 14.1 Å². The standard InChI is InChI=1S/C49H59NO14/c1-8-49(57)23-36(40-31(42(49)48(56)58-7)20-32-41(45(40)55)44(54)30-17-13-12-16-29(30)43(32)53)62-38-21-33(50(5,6)24-28-14-10-9-11-15-28)46(26(3)60-38)64-39-22-35(52)47(27(4)61-39)63-37-19-18-34(51)25(2)59-37/h9-17,20,25-27,33,35-39,42,46-47,52,57H,8,18-19,21-24H2,1-7H3/t25-,26-,27-,33-,35-,36-,37-,38-,39-,42-,46+,47+,49+/m0/s1. The highest BCUT2D eigenvalue weighted by Crippen LogP contribution is 2.53. The number of ether oxygens (including phenoxy) is 7. The predicted molar refractivity (Wildman–Crippen MR) is 226 cm³/mol. The molecule has 3 fully saturated rings. The van der Waals surface area contributed by atoms with Crippen LogP contribution in [-0.4, -0.2) is 126 Å². The van der Waals surface area contributed by atoms with E-state index in [0.717, 1.165) is 5.56 Å². The van der Waals surface area contributed by atoms with Crippen molar-refractivity contribution in [3.8, 4) is 5.75 Å². The number of aliphatic hydroxyl groups is 2. The molecular weight excluding hydrogens is 827 g/mol. The minimum atomic E-state index is -1.77. The highest BCUT2D eigenvalue weighted by molar-refractivity contribution is 6.29. The minimum Gasteiger partial charge on any atom is -0.872 e. The van der Waals surface area contributed by atoms with Crippen LogP contribution in [0.2, 0.25) is 0 Å². The fourth-order valence-corrected chi connectivity index (χ4v) is 10.5. The van der Waals surface area contributed by atoms with Crippen LogP contribution in [-0.2, 0) is 49.3 Å². The smallest absolute Gasteiger partial charge is 0.316 e. The van der Waals surface area contributed by atoms with Crippen molar-refractivity contribution in [1.82, 2.24) is 0 Å². The third kappa shape index (κ3) is 8.58. The second kappa shape index (κ2) is 18.1. The van der Waals surface area contributed by atoms with E-state index in [1.54, 1.807) is 32.9 Å². The van der Waals surface area contributed by atoms with Gasteiger partial charge < -0.3 is 53.0 Å². The number of nitrogens with zero attached hydrogens (tertiary/aromatic N) is 1. The monoisotopic (exact) mass is 885 g/mol. The molecule has 0 saturated carbocycles. The maximum atomic E-state index is 14.8. The largest absolute Gasteiger partial charge is 0.872 e. The summed E-state index contributed by atoms with van der Waals surface area (Å²) < 4.78 is 44.1. The number of carbonyl (C=O) groups is 4. The van der Waals surface area contributed by atoms with Gasteiger partial charge in [-0.05, 0) is 44.4 Å². The molecule has 15 heteroatoms. The molecule has 3 heterocycles. The van der Waals surface area contributed by atoms with Crippen molar-refractivity contribution in [3.63, 3.8) is 0 Å². The van der Waals surface area contributed by atoms with E-state index >= 15 is 0 Å². The fraction of sp³-hybridized carbons (Fsp3) is 0.551. The van der Waals surface area contributed by atoms with E-state index in [4.69, 9.17) is 33.2 Å². The molecule has 5 aliphatic rings. The van der Waals surface area contributed by atoms with Gasteiger partial charge in [-0.15, -0.1) is 0 Å². The average molecular weight is 886 g/mol. The summed E-state index contributed by atoms with van der Waals surface area (Å²) >= 11 is 0. The Bertz CT molecular complexity index is 2250. The van der Waals surface area contributed by atoms with Crippen molar-refractivity contribution in [2.45, 2.75) is 152 Å². The van der Waals surface area contributed by atoms with Gasteiger partial charge in [0.1, 0.15) is 36.8 Å². The van der Waals surface area contributed by atoms with E-state index in [0.29, 0.717) is 23.9 Å². The zero-order chi connectivity index (χ0) is 45.8. The van der Waals surface area contributed by atoms with Crippen LogP contribution >= 0.6 is 0 Å². The molecule has 3 aliphatic heterocycles. The summed E-state index contributed by atoms with van der Waals surface area (Å²) in [6.07, 6.45) is -6.85. The van der Waals surface area contributed by atoms with Crippen molar-refractivity contribution in [3.05, 3.63) is 99.6 Å². The number of hydrogen-bond acceptors (Lipinski definition) is 14. The molecule has 3 aromatic rings. The van der Waals surface area contributed by atoms with Crippen molar-refractivity contribution in [2.75, 3.05) is 21.2 Å². The first kappa shape index (κ1) is 46.1. The van der Waals surface area contributed by atoms with E-state index < -0.39 is 96.4 Å². The van der Waals surface area contributed by atoms with Crippen LogP contribution in [0.5, 0.6) is 5.75 Å². The second-order valence-electron chi connectivity index (χ2n) is 18.6. The van der Waals surface area contributed by atoms with Crippen LogP contribution < -0.4 is 5.11 Å². The van der Waals surface area contributed by atoms with Gasteiger partial charge in [0.2, 0.25) is 0 Å². The van der Waals surface area contributed by atoms with Gasteiger partial charge in [-0.1, -0.05) is 67.3 Å². The number of hydrogen-bond donors (Lipinski definition) is 2. The van der Waals surface area contributed by atoms with E-state index in [9.17, 15) is 34.5 Å². The number of ketones is 3. The molecule has 2 aliphatic carbocycles. The molecule has 0 aromatic heterocycles. The molecule has 3 saturated heterocycles. The van der Waals surface area contributed by atoms with Crippen molar-refractivity contribution in [2.24, 2.45) is 0 Å². The SMILES string of the molecule is CC[C@@]1(O)C[C@H](O[C@H]2C[C@H]([N+](C)(C)Cc3ccccc3)[C@H](O[C@H]3C[C@H](O)[C@H](O[C@H]4CCC(=O)[C@H](C)O4)[C@H](C)O3)[C@H](C)O2)c2c(cc3c(c2[O-])C(=O)c2ccccc2C3=O)[C@H]1C(=O)OC. The first-order valence-corrected chi connectivity index (χ1v) is 22.3. The van der Waals surface area contributed by atoms with E-state index in [-0.39, 0.29) is 70.9 Å². The lowest BCUT2D eigenvalue weighted by Gasteiger charge is -2.51. The van der Waals surface area contributed by atoms with Gasteiger partial charge in [0.25, 0.3) is 0 Å². The molecule has 15 nitrogen and oxygen atoms in total. The Balaban J connectivity index is 1.10. The third-order valence-corrected chi connectivity index (χ3v) is 14.0. The molecule has 0 amide bonds. The Morgan fingerprint density at radius 1 is 0.844 bits per heavy atom. The normalized spacial score (nSPS) is 34.1. The number of esters is 1. The van der Waals surface area contributed by atoms with Crippen LogP contribution in [0.1, 0.15) is 127 Å². The Kier molecular flexibility index (Phi) is 13.0. The number of rotatable bonds is 11. The Labute approximate surface area is 373 Å². The number of methoxy groups -OCH3 is 1. The first-order valence-electron chi connectivity index (χ1n) is 22.3. The Morgan fingerprint density at radius 3 is 2.11 bits per heavy atom. The van der Waals surface area contributed by atoms with Crippen molar-refractivity contribution >= 4 is 23.3 Å². The van der Waals surface area contributed by atoms with Crippen LogP contribution in [0.3, 0.4) is 0 Å². The minimum absolute atomic E-state index is 0.00736. The number of fused-ring (bicyclic) bond motifs is 3. The quantitative estimate of drug-likeness (QED) is 0.157. The third-order valence-electron chi connectivity index (χ3n) is 14.0. The highest BCUT2D eigenvalue weighted by Gasteiger charge is 2.54. The summed E-state index contributed by atoms with van der Waals surface area (Å²) in [6, 6.07) is 17.3. The molecule has 2 N–H and O–H groups in total. The molecular formula is C49H59NO14. The van der Waals surface area contributed by atoms with Crippen molar-refractivity contribution in [1.29, 1.82) is 0 Å². The summed E-state index contributed by atoms with van der Waals surface area (Å²) in [5.74, 6) is -4.03. The molecule has 64 heavy (non-hydrogen) atoms. The molecule has 0 spiro atoms. The van der Waals surface area contributed by atoms with Crippen LogP contribution in [0.25, 0.3) is 0 Å². The van der Waals surface area contributed by atoms with Crippen molar-refractivity contribution < 1.29 is 72.1 Å². The lowest BCUT2D eigenvalue weighted by molar-refractivity contribution is -0.934. The van der Waals surface area contributed by atoms with Crippen LogP contribution in [0, 0.1) is 0 Å². The van der Waals surface area contributed by atoms with Gasteiger partial charge in [-0.2, -0.15) is 0 Å². The zero-order valence-corrected chi connectivity index (χ0v) is 37.4. The van der Waals surface area contributed by atoms with E-state index in [1.807, 2.05) is 37.3 Å². The summed E-state index contributed by atoms with van der Waals surface area (Å²) in [7, 11) is 5.35. The summed E-state index contributed by atoms with van der Waals surface area (Å²) in [5, 5.41) is 38.5.